The Labute approximate surface area is 304 Å². The van der Waals surface area contributed by atoms with Crippen molar-refractivity contribution in [3.63, 3.8) is 0 Å². The van der Waals surface area contributed by atoms with Gasteiger partial charge in [0.15, 0.2) is 0 Å². The quantitative estimate of drug-likeness (QED) is 0.292. The summed E-state index contributed by atoms with van der Waals surface area (Å²) in [6.07, 6.45) is 3.79. The predicted octanol–water partition coefficient (Wildman–Crippen LogP) is 7.64. The van der Waals surface area contributed by atoms with Gasteiger partial charge in [-0.25, -0.2) is 9.59 Å². The number of carboxylic acid groups (broad SMARTS) is 1. The second kappa shape index (κ2) is 14.6. The summed E-state index contributed by atoms with van der Waals surface area (Å²) >= 11 is 0. The second-order valence-electron chi connectivity index (χ2n) is 17.7. The number of ether oxygens (including phenoxy) is 1. The van der Waals surface area contributed by atoms with Crippen molar-refractivity contribution < 1.29 is 29.0 Å². The van der Waals surface area contributed by atoms with Crippen molar-refractivity contribution in [2.75, 3.05) is 26.2 Å². The molecule has 2 aromatic rings. The topological polar surface area (TPSA) is 116 Å². The Morgan fingerprint density at radius 2 is 1.51 bits per heavy atom. The molecular weight excluding hydrogens is 642 g/mol. The van der Waals surface area contributed by atoms with E-state index in [1.54, 1.807) is 32.9 Å². The highest BCUT2D eigenvalue weighted by Gasteiger charge is 2.56. The average molecular weight is 702 g/mol. The Bertz CT molecular complexity index is 1570. The number of rotatable bonds is 8. The zero-order chi connectivity index (χ0) is 37.4. The van der Waals surface area contributed by atoms with Gasteiger partial charge in [0.25, 0.3) is 0 Å². The maximum atomic E-state index is 15.0. The molecule has 0 radical (unpaired) electrons. The lowest BCUT2D eigenvalue weighted by molar-refractivity contribution is -0.152. The van der Waals surface area contributed by atoms with Crippen LogP contribution in [0.4, 0.5) is 4.79 Å². The van der Waals surface area contributed by atoms with Crippen LogP contribution in [-0.4, -0.2) is 76.6 Å². The number of piperidine rings is 2. The van der Waals surface area contributed by atoms with Crippen LogP contribution in [0.15, 0.2) is 54.6 Å². The number of nitrogens with one attached hydrogen (secondary N) is 1. The van der Waals surface area contributed by atoms with Gasteiger partial charge in [0, 0.05) is 26.2 Å². The van der Waals surface area contributed by atoms with Crippen molar-refractivity contribution in [1.29, 1.82) is 0 Å². The summed E-state index contributed by atoms with van der Waals surface area (Å²) in [5.74, 6) is -0.00327. The third kappa shape index (κ3) is 8.12. The molecule has 3 fully saturated rings. The van der Waals surface area contributed by atoms with Crippen molar-refractivity contribution in [2.24, 2.45) is 22.7 Å². The summed E-state index contributed by atoms with van der Waals surface area (Å²) in [4.78, 5) is 57.0. The van der Waals surface area contributed by atoms with Crippen LogP contribution in [0.5, 0.6) is 0 Å². The smallest absolute Gasteiger partial charge is 0.408 e. The van der Waals surface area contributed by atoms with E-state index in [4.69, 9.17) is 4.74 Å². The predicted molar refractivity (Wildman–Crippen MR) is 198 cm³/mol. The van der Waals surface area contributed by atoms with E-state index >= 15 is 0 Å². The van der Waals surface area contributed by atoms with Crippen LogP contribution >= 0.6 is 0 Å². The SMILES string of the molecule is CC(C)C[C@@H](NC(=O)OC(C)(C)C)C(=O)N1CCC(C(=O)N2CC[C@H]3C(C)(C)[C@@H](c4ccc(C(=O)O)cc4)CC[C@]3(C)C2)(c2ccccc2)CC1. The van der Waals surface area contributed by atoms with Crippen molar-refractivity contribution in [3.8, 4) is 0 Å². The van der Waals surface area contributed by atoms with Gasteiger partial charge in [-0.1, -0.05) is 77.1 Å². The first-order valence-corrected chi connectivity index (χ1v) is 18.8. The van der Waals surface area contributed by atoms with E-state index in [9.17, 15) is 24.3 Å². The molecule has 1 saturated carbocycles. The number of likely N-dealkylation sites (tertiary alicyclic amines) is 2. The number of carboxylic acids is 1. The molecule has 5 rings (SSSR count). The van der Waals surface area contributed by atoms with Crippen LogP contribution in [-0.2, 0) is 19.7 Å². The van der Waals surface area contributed by atoms with Gasteiger partial charge in [0.1, 0.15) is 11.6 Å². The van der Waals surface area contributed by atoms with E-state index in [1.165, 1.54) is 5.56 Å². The largest absolute Gasteiger partial charge is 0.478 e. The maximum absolute atomic E-state index is 15.0. The van der Waals surface area contributed by atoms with E-state index in [-0.39, 0.29) is 28.6 Å². The molecule has 1 aliphatic carbocycles. The molecule has 3 amide bonds. The molecule has 0 unspecified atom stereocenters. The van der Waals surface area contributed by atoms with E-state index in [2.05, 4.69) is 43.1 Å². The van der Waals surface area contributed by atoms with Crippen LogP contribution < -0.4 is 5.32 Å². The normalized spacial score (nSPS) is 25.0. The number of nitrogens with zero attached hydrogens (tertiary/aromatic N) is 2. The minimum atomic E-state index is -0.912. The molecular formula is C42H59N3O6. The zero-order valence-electron chi connectivity index (χ0n) is 32.0. The Balaban J connectivity index is 1.33. The van der Waals surface area contributed by atoms with Gasteiger partial charge in [0.05, 0.1) is 11.0 Å². The number of benzene rings is 2. The summed E-state index contributed by atoms with van der Waals surface area (Å²) in [5, 5.41) is 12.2. The molecule has 3 aliphatic rings. The average Bonchev–Trinajstić information content (AvgIpc) is 3.06. The number of carbonyl (C=O) groups is 4. The highest BCUT2D eigenvalue weighted by Crippen LogP contribution is 2.60. The van der Waals surface area contributed by atoms with Crippen LogP contribution in [0.2, 0.25) is 0 Å². The van der Waals surface area contributed by atoms with Crippen LogP contribution in [0.25, 0.3) is 0 Å². The van der Waals surface area contributed by atoms with E-state index in [1.807, 2.05) is 49.1 Å². The third-order valence-electron chi connectivity index (χ3n) is 12.1. The number of alkyl carbamates (subject to hydrolysis) is 1. The minimum absolute atomic E-state index is 0.0322. The van der Waals surface area contributed by atoms with Crippen molar-refractivity contribution in [1.82, 2.24) is 15.1 Å². The lowest BCUT2D eigenvalue weighted by Gasteiger charge is -2.59. The molecule has 0 aromatic heterocycles. The summed E-state index contributed by atoms with van der Waals surface area (Å²) in [6.45, 7) is 18.7. The Hall–Kier alpha value is -3.88. The first-order valence-electron chi connectivity index (χ1n) is 18.8. The highest BCUT2D eigenvalue weighted by atomic mass is 16.6. The highest BCUT2D eigenvalue weighted by molar-refractivity contribution is 5.90. The molecule has 9 heteroatoms. The first-order chi connectivity index (χ1) is 23.9. The second-order valence-corrected chi connectivity index (χ2v) is 17.7. The maximum Gasteiger partial charge on any atom is 0.408 e. The van der Waals surface area contributed by atoms with Gasteiger partial charge in [-0.15, -0.1) is 0 Å². The lowest BCUT2D eigenvalue weighted by atomic mass is 9.49. The molecule has 9 nitrogen and oxygen atoms in total. The van der Waals surface area contributed by atoms with Gasteiger partial charge in [-0.2, -0.15) is 0 Å². The molecule has 278 valence electrons. The number of carbonyl (C=O) groups excluding carboxylic acids is 3. The van der Waals surface area contributed by atoms with Gasteiger partial charge in [-0.3, -0.25) is 9.59 Å². The number of fused-ring (bicyclic) bond motifs is 1. The Morgan fingerprint density at radius 1 is 0.882 bits per heavy atom. The van der Waals surface area contributed by atoms with Crippen molar-refractivity contribution >= 4 is 23.9 Å². The summed E-state index contributed by atoms with van der Waals surface area (Å²) in [7, 11) is 0. The fourth-order valence-electron chi connectivity index (χ4n) is 9.66. The molecule has 51 heavy (non-hydrogen) atoms. The minimum Gasteiger partial charge on any atom is -0.478 e. The van der Waals surface area contributed by atoms with Crippen LogP contribution in [0.1, 0.15) is 121 Å². The molecule has 0 spiro atoms. The molecule has 4 atom stereocenters. The molecule has 2 N–H and O–H groups in total. The van der Waals surface area contributed by atoms with Crippen LogP contribution in [0, 0.1) is 22.7 Å². The third-order valence-corrected chi connectivity index (χ3v) is 12.1. The Morgan fingerprint density at radius 3 is 2.08 bits per heavy atom. The lowest BCUT2D eigenvalue weighted by Crippen LogP contribution is -2.61. The fraction of sp³-hybridized carbons (Fsp3) is 0.619. The summed E-state index contributed by atoms with van der Waals surface area (Å²) in [6, 6.07) is 16.8. The van der Waals surface area contributed by atoms with E-state index < -0.39 is 29.1 Å². The van der Waals surface area contributed by atoms with Gasteiger partial charge in [0.2, 0.25) is 11.8 Å². The Kier molecular flexibility index (Phi) is 11.0. The number of hydrogen-bond acceptors (Lipinski definition) is 5. The summed E-state index contributed by atoms with van der Waals surface area (Å²) < 4.78 is 5.49. The van der Waals surface area contributed by atoms with Crippen LogP contribution in [0.3, 0.4) is 0 Å². The standard InChI is InChI=1S/C42H59N3O6/c1-28(2)26-33(43-38(50)51-39(3,4)5)35(46)44-24-21-42(22-25-44,31-12-10-9-11-13-31)37(49)45-23-19-34-40(6,7)32(18-20-41(34,8)27-45)29-14-16-30(17-15-29)36(47)48/h9-17,28,32-34H,18-27H2,1-8H3,(H,43,50)(H,47,48)/t32-,33-,34+,41-/m1/s1. The van der Waals surface area contributed by atoms with Gasteiger partial charge < -0.3 is 25.0 Å². The molecule has 2 aliphatic heterocycles. The molecule has 2 saturated heterocycles. The molecule has 2 aromatic carbocycles. The monoisotopic (exact) mass is 701 g/mol. The van der Waals surface area contributed by atoms with E-state index in [0.29, 0.717) is 62.8 Å². The number of hydrogen-bond donors (Lipinski definition) is 2. The van der Waals surface area contributed by atoms with Gasteiger partial charge >= 0.3 is 12.1 Å². The summed E-state index contributed by atoms with van der Waals surface area (Å²) in [5.41, 5.74) is 0.981. The first kappa shape index (κ1) is 38.4. The zero-order valence-corrected chi connectivity index (χ0v) is 32.0. The molecule has 2 heterocycles. The van der Waals surface area contributed by atoms with Crippen molar-refractivity contribution in [2.45, 2.75) is 117 Å². The van der Waals surface area contributed by atoms with Gasteiger partial charge in [-0.05, 0) is 111 Å². The number of amides is 3. The van der Waals surface area contributed by atoms with Crippen molar-refractivity contribution in [3.05, 3.63) is 71.3 Å². The molecule has 0 bridgehead atoms. The van der Waals surface area contributed by atoms with E-state index in [0.717, 1.165) is 24.8 Å². The number of aromatic carboxylic acids is 1. The fourth-order valence-corrected chi connectivity index (χ4v) is 9.66.